The Kier molecular flexibility index (Phi) is 4.93. The monoisotopic (exact) mass is 271 g/mol. The Balaban J connectivity index is 3.26. The Morgan fingerprint density at radius 2 is 2.11 bits per heavy atom. The molecule has 3 N–H and O–H groups in total. The SMILES string of the molecule is COC(=O)c1ccc(C(O)C(O)CO)c([N+](=O)[O-])c1. The van der Waals surface area contributed by atoms with Gasteiger partial charge in [-0.05, 0) is 12.1 Å². The van der Waals surface area contributed by atoms with Crippen molar-refractivity contribution in [3.63, 3.8) is 0 Å². The summed E-state index contributed by atoms with van der Waals surface area (Å²) in [6.45, 7) is -0.753. The van der Waals surface area contributed by atoms with Crippen molar-refractivity contribution in [2.45, 2.75) is 12.2 Å². The number of rotatable bonds is 5. The molecule has 1 rings (SSSR count). The first-order chi connectivity index (χ1) is 8.92. The number of nitrogens with zero attached hydrogens (tertiary/aromatic N) is 1. The van der Waals surface area contributed by atoms with Gasteiger partial charge in [-0.1, -0.05) is 0 Å². The van der Waals surface area contributed by atoms with Gasteiger partial charge < -0.3 is 20.1 Å². The molecule has 0 aromatic heterocycles. The van der Waals surface area contributed by atoms with Crippen LogP contribution in [0, 0.1) is 10.1 Å². The highest BCUT2D eigenvalue weighted by Gasteiger charge is 2.27. The Morgan fingerprint density at radius 1 is 1.47 bits per heavy atom. The fraction of sp³-hybridized carbons (Fsp3) is 0.364. The van der Waals surface area contributed by atoms with Crippen LogP contribution in [0.2, 0.25) is 0 Å². The van der Waals surface area contributed by atoms with E-state index in [4.69, 9.17) is 5.11 Å². The van der Waals surface area contributed by atoms with Crippen LogP contribution in [0.1, 0.15) is 22.0 Å². The van der Waals surface area contributed by atoms with Crippen LogP contribution in [-0.4, -0.2) is 46.0 Å². The summed E-state index contributed by atoms with van der Waals surface area (Å²) in [7, 11) is 1.13. The van der Waals surface area contributed by atoms with E-state index in [2.05, 4.69) is 4.74 Å². The molecule has 0 aliphatic heterocycles. The molecule has 0 spiro atoms. The number of ether oxygens (including phenoxy) is 1. The second kappa shape index (κ2) is 6.23. The molecule has 0 saturated carbocycles. The minimum atomic E-state index is -1.63. The van der Waals surface area contributed by atoms with Crippen molar-refractivity contribution in [3.05, 3.63) is 39.4 Å². The smallest absolute Gasteiger partial charge is 0.338 e. The number of hydrogen-bond acceptors (Lipinski definition) is 7. The lowest BCUT2D eigenvalue weighted by atomic mass is 10.0. The quantitative estimate of drug-likeness (QED) is 0.383. The molecule has 8 heteroatoms. The van der Waals surface area contributed by atoms with Gasteiger partial charge in [0.15, 0.2) is 0 Å². The van der Waals surface area contributed by atoms with Crippen molar-refractivity contribution in [2.24, 2.45) is 0 Å². The summed E-state index contributed by atoms with van der Waals surface area (Å²) in [6.07, 6.45) is -3.18. The molecule has 0 amide bonds. The molecule has 19 heavy (non-hydrogen) atoms. The van der Waals surface area contributed by atoms with Gasteiger partial charge in [0.1, 0.15) is 12.2 Å². The Labute approximate surface area is 108 Å². The zero-order chi connectivity index (χ0) is 14.6. The number of carbonyl (C=O) groups is 1. The van der Waals surface area contributed by atoms with Gasteiger partial charge in [-0.3, -0.25) is 10.1 Å². The highest BCUT2D eigenvalue weighted by Crippen LogP contribution is 2.28. The molecule has 2 unspecified atom stereocenters. The lowest BCUT2D eigenvalue weighted by Crippen LogP contribution is -2.23. The maximum atomic E-state index is 11.3. The van der Waals surface area contributed by atoms with Gasteiger partial charge in [-0.25, -0.2) is 4.79 Å². The largest absolute Gasteiger partial charge is 0.465 e. The van der Waals surface area contributed by atoms with Crippen LogP contribution in [0.25, 0.3) is 0 Å². The first-order valence-electron chi connectivity index (χ1n) is 5.26. The van der Waals surface area contributed by atoms with E-state index in [0.29, 0.717) is 0 Å². The summed E-state index contributed by atoms with van der Waals surface area (Å²) in [5.41, 5.74) is -0.786. The van der Waals surface area contributed by atoms with E-state index < -0.39 is 35.4 Å². The van der Waals surface area contributed by atoms with Crippen molar-refractivity contribution in [2.75, 3.05) is 13.7 Å². The number of aliphatic hydroxyl groups excluding tert-OH is 3. The second-order valence-electron chi connectivity index (χ2n) is 3.72. The Morgan fingerprint density at radius 3 is 2.58 bits per heavy atom. The number of methoxy groups -OCH3 is 1. The minimum Gasteiger partial charge on any atom is -0.465 e. The molecule has 0 heterocycles. The number of esters is 1. The summed E-state index contributed by atoms with van der Waals surface area (Å²) in [4.78, 5) is 21.4. The number of aliphatic hydroxyl groups is 3. The number of benzene rings is 1. The molecule has 0 saturated heterocycles. The van der Waals surface area contributed by atoms with E-state index in [1.807, 2.05) is 0 Å². The highest BCUT2D eigenvalue weighted by molar-refractivity contribution is 5.90. The van der Waals surface area contributed by atoms with E-state index in [0.717, 1.165) is 19.2 Å². The maximum absolute atomic E-state index is 11.3. The molecule has 0 aliphatic rings. The van der Waals surface area contributed by atoms with Crippen LogP contribution < -0.4 is 0 Å². The van der Waals surface area contributed by atoms with Crippen LogP contribution in [0.4, 0.5) is 5.69 Å². The third-order valence-corrected chi connectivity index (χ3v) is 2.52. The molecule has 104 valence electrons. The maximum Gasteiger partial charge on any atom is 0.338 e. The zero-order valence-electron chi connectivity index (χ0n) is 10.0. The summed E-state index contributed by atoms with van der Waals surface area (Å²) >= 11 is 0. The van der Waals surface area contributed by atoms with Gasteiger partial charge in [-0.15, -0.1) is 0 Å². The van der Waals surface area contributed by atoms with Crippen LogP contribution in [0.3, 0.4) is 0 Å². The third-order valence-electron chi connectivity index (χ3n) is 2.52. The van der Waals surface area contributed by atoms with Gasteiger partial charge >= 0.3 is 5.97 Å². The topological polar surface area (TPSA) is 130 Å². The summed E-state index contributed by atoms with van der Waals surface area (Å²) in [5.74, 6) is -0.758. The van der Waals surface area contributed by atoms with Crippen LogP contribution >= 0.6 is 0 Å². The summed E-state index contributed by atoms with van der Waals surface area (Å²) in [6, 6.07) is 3.30. The van der Waals surface area contributed by atoms with E-state index in [1.165, 1.54) is 6.07 Å². The molecule has 0 aliphatic carbocycles. The highest BCUT2D eigenvalue weighted by atomic mass is 16.6. The van der Waals surface area contributed by atoms with Crippen LogP contribution in [-0.2, 0) is 4.74 Å². The predicted molar refractivity (Wildman–Crippen MR) is 62.5 cm³/mol. The fourth-order valence-corrected chi connectivity index (χ4v) is 1.50. The predicted octanol–water partition coefficient (Wildman–Crippen LogP) is -0.232. The van der Waals surface area contributed by atoms with Crippen LogP contribution in [0.5, 0.6) is 0 Å². The Hall–Kier alpha value is -2.03. The summed E-state index contributed by atoms with van der Waals surface area (Å²) in [5, 5.41) is 38.6. The molecule has 8 nitrogen and oxygen atoms in total. The molecule has 0 fully saturated rings. The van der Waals surface area contributed by atoms with Crippen LogP contribution in [0.15, 0.2) is 18.2 Å². The molecule has 1 aromatic rings. The van der Waals surface area contributed by atoms with Crippen molar-refractivity contribution >= 4 is 11.7 Å². The number of carbonyl (C=O) groups excluding carboxylic acids is 1. The van der Waals surface area contributed by atoms with E-state index in [9.17, 15) is 25.1 Å². The lowest BCUT2D eigenvalue weighted by molar-refractivity contribution is -0.386. The van der Waals surface area contributed by atoms with Crippen molar-refractivity contribution in [3.8, 4) is 0 Å². The van der Waals surface area contributed by atoms with E-state index in [1.54, 1.807) is 0 Å². The normalized spacial score (nSPS) is 13.7. The summed E-state index contributed by atoms with van der Waals surface area (Å²) < 4.78 is 4.43. The molecular formula is C11H13NO7. The average molecular weight is 271 g/mol. The fourth-order valence-electron chi connectivity index (χ4n) is 1.50. The van der Waals surface area contributed by atoms with Gasteiger partial charge in [0.05, 0.1) is 29.8 Å². The van der Waals surface area contributed by atoms with Crippen molar-refractivity contribution in [1.82, 2.24) is 0 Å². The molecule has 0 radical (unpaired) electrons. The molecule has 1 aromatic carbocycles. The first-order valence-corrected chi connectivity index (χ1v) is 5.26. The first kappa shape index (κ1) is 15.0. The van der Waals surface area contributed by atoms with Crippen molar-refractivity contribution in [1.29, 1.82) is 0 Å². The van der Waals surface area contributed by atoms with E-state index >= 15 is 0 Å². The molecule has 0 bridgehead atoms. The van der Waals surface area contributed by atoms with Gasteiger partial charge in [0.25, 0.3) is 5.69 Å². The number of nitro groups is 1. The third kappa shape index (κ3) is 3.25. The van der Waals surface area contributed by atoms with Gasteiger partial charge in [0.2, 0.25) is 0 Å². The van der Waals surface area contributed by atoms with Crippen molar-refractivity contribution < 1.29 is 29.8 Å². The average Bonchev–Trinajstić information content (AvgIpc) is 2.43. The molecular weight excluding hydrogens is 258 g/mol. The standard InChI is InChI=1S/C11H13NO7/c1-19-11(16)6-2-3-7(8(4-6)12(17)18)10(15)9(14)5-13/h2-4,9-10,13-15H,5H2,1H3. The van der Waals surface area contributed by atoms with E-state index in [-0.39, 0.29) is 11.1 Å². The second-order valence-corrected chi connectivity index (χ2v) is 3.72. The zero-order valence-corrected chi connectivity index (χ0v) is 10.0. The molecule has 2 atom stereocenters. The number of nitro benzene ring substituents is 1. The lowest BCUT2D eigenvalue weighted by Gasteiger charge is -2.16. The Bertz CT molecular complexity index is 488. The van der Waals surface area contributed by atoms with Gasteiger partial charge in [0, 0.05) is 6.07 Å². The minimum absolute atomic E-state index is 0.0522. The van der Waals surface area contributed by atoms with Gasteiger partial charge in [-0.2, -0.15) is 0 Å². The number of hydrogen-bond donors (Lipinski definition) is 3.